The van der Waals surface area contributed by atoms with Gasteiger partial charge in [-0.2, -0.15) is 0 Å². The van der Waals surface area contributed by atoms with Crippen LogP contribution in [0.3, 0.4) is 0 Å². The van der Waals surface area contributed by atoms with Gasteiger partial charge in [-0.15, -0.1) is 22.7 Å². The van der Waals surface area contributed by atoms with Crippen LogP contribution in [-0.4, -0.2) is 63.6 Å². The summed E-state index contributed by atoms with van der Waals surface area (Å²) in [5, 5.41) is 8.90. The number of hydrogen-bond donors (Lipinski definition) is 2. The number of carbonyl (C=O) groups is 3. The Morgan fingerprint density at radius 1 is 1.05 bits per heavy atom. The van der Waals surface area contributed by atoms with Gasteiger partial charge in [0, 0.05) is 37.0 Å². The summed E-state index contributed by atoms with van der Waals surface area (Å²) in [5.41, 5.74) is 2.04. The maximum atomic E-state index is 13.7. The molecule has 0 aliphatic carbocycles. The fraction of sp³-hybridized carbons (Fsp3) is 0.710. The maximum Gasteiger partial charge on any atom is 0.407 e. The monoisotopic (exact) mass is 637 g/mol. The van der Waals surface area contributed by atoms with Gasteiger partial charge in [-0.25, -0.2) is 14.6 Å². The largest absolute Gasteiger partial charge is 0.444 e. The third-order valence-corrected chi connectivity index (χ3v) is 9.03. The third-order valence-electron chi connectivity index (χ3n) is 7.08. The summed E-state index contributed by atoms with van der Waals surface area (Å²) >= 11 is 3.03. The highest BCUT2D eigenvalue weighted by atomic mass is 32.1. The van der Waals surface area contributed by atoms with Gasteiger partial charge in [-0.3, -0.25) is 9.78 Å². The number of amides is 3. The molecule has 0 bridgehead atoms. The van der Waals surface area contributed by atoms with E-state index < -0.39 is 23.8 Å². The highest BCUT2D eigenvalue weighted by molar-refractivity contribution is 7.09. The number of Topliss-reactive ketones (excluding diaryl/α,β-unsaturated/α-hetero) is 1. The smallest absolute Gasteiger partial charge is 0.407 e. The van der Waals surface area contributed by atoms with Crippen LogP contribution in [0, 0.1) is 5.92 Å². The van der Waals surface area contributed by atoms with E-state index in [2.05, 4.69) is 41.4 Å². The van der Waals surface area contributed by atoms with Crippen LogP contribution in [0.2, 0.25) is 0 Å². The molecule has 242 valence electrons. The van der Waals surface area contributed by atoms with Crippen molar-refractivity contribution >= 4 is 40.6 Å². The highest BCUT2D eigenvalue weighted by Gasteiger charge is 2.32. The number of thiazole rings is 2. The van der Waals surface area contributed by atoms with E-state index in [9.17, 15) is 14.4 Å². The normalized spacial score (nSPS) is 14.6. The van der Waals surface area contributed by atoms with E-state index in [-0.39, 0.29) is 30.4 Å². The second kappa shape index (κ2) is 17.7. The molecule has 0 aliphatic heterocycles. The predicted molar refractivity (Wildman–Crippen MR) is 172 cm³/mol. The molecule has 0 fully saturated rings. The lowest BCUT2D eigenvalue weighted by Gasteiger charge is -2.32. The molecular weight excluding hydrogens is 587 g/mol. The Hall–Kier alpha value is -2.57. The van der Waals surface area contributed by atoms with Crippen LogP contribution in [0.5, 0.6) is 0 Å². The molecule has 0 radical (unpaired) electrons. The van der Waals surface area contributed by atoms with Crippen LogP contribution in [0.25, 0.3) is 0 Å². The van der Waals surface area contributed by atoms with Gasteiger partial charge in [0.05, 0.1) is 39.3 Å². The number of carbonyl (C=O) groups excluding carboxylic acids is 3. The topological polar surface area (TPSA) is 123 Å². The van der Waals surface area contributed by atoms with Gasteiger partial charge in [-0.1, -0.05) is 34.1 Å². The quantitative estimate of drug-likeness (QED) is 0.193. The van der Waals surface area contributed by atoms with Crippen molar-refractivity contribution in [3.05, 3.63) is 32.7 Å². The third kappa shape index (κ3) is 13.3. The lowest BCUT2D eigenvalue weighted by atomic mass is 9.89. The number of alkyl carbamates (subject to hydrolysis) is 1. The van der Waals surface area contributed by atoms with Crippen LogP contribution >= 0.6 is 22.7 Å². The molecule has 4 atom stereocenters. The SMILES string of the molecule is CC[C@@H](CC[C@H](CC)NC(=O)OCc1cncs1)CC(=O)[C@@H](NC(=O)N(C)Cc1csc(C(C)C)n1)C(C)OC(C)(C)C. The van der Waals surface area contributed by atoms with Crippen molar-refractivity contribution in [2.75, 3.05) is 7.05 Å². The summed E-state index contributed by atoms with van der Waals surface area (Å²) < 4.78 is 11.5. The Morgan fingerprint density at radius 3 is 2.33 bits per heavy atom. The van der Waals surface area contributed by atoms with E-state index >= 15 is 0 Å². The molecule has 2 aromatic heterocycles. The second-order valence-corrected chi connectivity index (χ2v) is 14.2. The Morgan fingerprint density at radius 2 is 1.77 bits per heavy atom. The Balaban J connectivity index is 1.99. The summed E-state index contributed by atoms with van der Waals surface area (Å²) in [7, 11) is 1.70. The van der Waals surface area contributed by atoms with Gasteiger partial charge in [0.25, 0.3) is 0 Å². The standard InChI is InChI=1S/C31H51N5O5S2/c1-10-22(12-13-23(11-2)34-30(39)40-17-25-15-32-19-43-25)14-26(37)27(21(5)41-31(6,7)8)35-29(38)36(9)16-24-18-42-28(33-24)20(3)4/h15,18-23,27H,10-14,16-17H2,1-9H3,(H,34,39)(H,35,38)/t21?,22-,23-,27-/m0/s1. The van der Waals surface area contributed by atoms with Crippen molar-refractivity contribution in [3.63, 3.8) is 0 Å². The van der Waals surface area contributed by atoms with Gasteiger partial charge in [0.1, 0.15) is 12.6 Å². The van der Waals surface area contributed by atoms with Gasteiger partial charge in [0.2, 0.25) is 0 Å². The summed E-state index contributed by atoms with van der Waals surface area (Å²) in [6, 6.07) is -1.21. The van der Waals surface area contributed by atoms with Crippen molar-refractivity contribution < 1.29 is 23.9 Å². The average molecular weight is 638 g/mol. The molecule has 0 aromatic carbocycles. The fourth-order valence-corrected chi connectivity index (χ4v) is 5.97. The van der Waals surface area contributed by atoms with Crippen molar-refractivity contribution in [2.45, 2.75) is 130 Å². The van der Waals surface area contributed by atoms with Crippen molar-refractivity contribution in [1.29, 1.82) is 0 Å². The van der Waals surface area contributed by atoms with E-state index in [4.69, 9.17) is 9.47 Å². The number of nitrogens with zero attached hydrogens (tertiary/aromatic N) is 3. The van der Waals surface area contributed by atoms with Crippen molar-refractivity contribution in [1.82, 2.24) is 25.5 Å². The number of ketones is 1. The molecule has 0 spiro atoms. The number of urea groups is 1. The van der Waals surface area contributed by atoms with E-state index in [1.165, 1.54) is 11.3 Å². The van der Waals surface area contributed by atoms with Gasteiger partial charge in [0.15, 0.2) is 5.78 Å². The molecule has 0 saturated carbocycles. The predicted octanol–water partition coefficient (Wildman–Crippen LogP) is 6.91. The first-order valence-corrected chi connectivity index (χ1v) is 16.9. The summed E-state index contributed by atoms with van der Waals surface area (Å²) in [6.07, 6.45) is 4.04. The first kappa shape index (κ1) is 36.6. The first-order valence-electron chi connectivity index (χ1n) is 15.2. The molecular formula is C31H51N5O5S2. The van der Waals surface area contributed by atoms with Gasteiger partial charge in [-0.05, 0) is 52.9 Å². The Labute approximate surface area is 265 Å². The van der Waals surface area contributed by atoms with Crippen LogP contribution < -0.4 is 10.6 Å². The molecule has 2 rings (SSSR count). The first-order chi connectivity index (χ1) is 20.2. The lowest BCUT2D eigenvalue weighted by Crippen LogP contribution is -2.53. The van der Waals surface area contributed by atoms with Crippen LogP contribution in [0.15, 0.2) is 17.1 Å². The molecule has 3 amide bonds. The minimum absolute atomic E-state index is 0.0627. The molecule has 2 heterocycles. The maximum absolute atomic E-state index is 13.7. The molecule has 12 heteroatoms. The molecule has 10 nitrogen and oxygen atoms in total. The number of hydrogen-bond acceptors (Lipinski definition) is 9. The molecule has 43 heavy (non-hydrogen) atoms. The molecule has 2 N–H and O–H groups in total. The fourth-order valence-electron chi connectivity index (χ4n) is 4.64. The lowest BCUT2D eigenvalue weighted by molar-refractivity contribution is -0.129. The van der Waals surface area contributed by atoms with E-state index in [1.54, 1.807) is 35.0 Å². The number of rotatable bonds is 17. The highest BCUT2D eigenvalue weighted by Crippen LogP contribution is 2.23. The van der Waals surface area contributed by atoms with E-state index in [0.717, 1.165) is 41.3 Å². The average Bonchev–Trinajstić information content (AvgIpc) is 3.63. The van der Waals surface area contributed by atoms with Crippen LogP contribution in [0.4, 0.5) is 9.59 Å². The number of nitrogens with one attached hydrogen (secondary N) is 2. The van der Waals surface area contributed by atoms with Crippen molar-refractivity contribution in [2.24, 2.45) is 5.92 Å². The van der Waals surface area contributed by atoms with Gasteiger partial charge < -0.3 is 25.0 Å². The zero-order valence-electron chi connectivity index (χ0n) is 27.3. The second-order valence-electron chi connectivity index (χ2n) is 12.4. The Bertz CT molecular complexity index is 1130. The zero-order valence-corrected chi connectivity index (χ0v) is 28.9. The summed E-state index contributed by atoms with van der Waals surface area (Å²) in [6.45, 7) is 16.4. The molecule has 2 aromatic rings. The van der Waals surface area contributed by atoms with E-state index in [0.29, 0.717) is 18.9 Å². The molecule has 0 saturated heterocycles. The van der Waals surface area contributed by atoms with Crippen LogP contribution in [0.1, 0.15) is 109 Å². The zero-order chi connectivity index (χ0) is 32.2. The Kier molecular flexibility index (Phi) is 15.0. The van der Waals surface area contributed by atoms with E-state index in [1.807, 2.05) is 40.0 Å². The molecule has 0 aliphatic rings. The molecule has 1 unspecified atom stereocenters. The van der Waals surface area contributed by atoms with Crippen molar-refractivity contribution in [3.8, 4) is 0 Å². The summed E-state index contributed by atoms with van der Waals surface area (Å²) in [4.78, 5) is 50.3. The van der Waals surface area contributed by atoms with Crippen LogP contribution in [-0.2, 0) is 27.4 Å². The minimum Gasteiger partial charge on any atom is -0.444 e. The van der Waals surface area contributed by atoms with Gasteiger partial charge >= 0.3 is 12.1 Å². The summed E-state index contributed by atoms with van der Waals surface area (Å²) in [5.74, 6) is 0.360. The number of aromatic nitrogens is 2. The minimum atomic E-state index is -0.799. The number of ether oxygens (including phenoxy) is 2.